The first-order valence-electron chi connectivity index (χ1n) is 5.53. The van der Waals surface area contributed by atoms with E-state index in [9.17, 15) is 0 Å². The van der Waals surface area contributed by atoms with Crippen LogP contribution in [0.15, 0.2) is 5.51 Å². The van der Waals surface area contributed by atoms with E-state index < -0.39 is 0 Å². The lowest BCUT2D eigenvalue weighted by Gasteiger charge is -2.17. The van der Waals surface area contributed by atoms with Crippen LogP contribution in [0.5, 0.6) is 0 Å². The summed E-state index contributed by atoms with van der Waals surface area (Å²) < 4.78 is 0. The molecule has 3 nitrogen and oxygen atoms in total. The quantitative estimate of drug-likeness (QED) is 0.850. The van der Waals surface area contributed by atoms with Crippen molar-refractivity contribution in [1.29, 1.82) is 0 Å². The first-order valence-corrected chi connectivity index (χ1v) is 6.41. The van der Waals surface area contributed by atoms with Crippen molar-refractivity contribution in [3.8, 4) is 0 Å². The van der Waals surface area contributed by atoms with Crippen LogP contribution in [0, 0.1) is 12.8 Å². The summed E-state index contributed by atoms with van der Waals surface area (Å²) in [6, 6.07) is 0.331. The number of thiazole rings is 1. The Hall–Kier alpha value is -0.450. The van der Waals surface area contributed by atoms with Crippen molar-refractivity contribution in [3.05, 3.63) is 16.1 Å². The molecule has 0 bridgehead atoms. The molecule has 0 aliphatic carbocycles. The molecule has 1 aliphatic rings. The van der Waals surface area contributed by atoms with Gasteiger partial charge < -0.3 is 5.73 Å². The molecule has 4 heteroatoms. The molecule has 84 valence electrons. The van der Waals surface area contributed by atoms with Gasteiger partial charge in [-0.15, -0.1) is 11.3 Å². The standard InChI is InChI=1S/C11H19N3S/c1-8(12)10-3-4-14(5-10)6-11-9(2)13-7-15-11/h7-8,10H,3-6,12H2,1-2H3. The SMILES string of the molecule is Cc1ncsc1CN1CCC(C(C)N)C1. The maximum Gasteiger partial charge on any atom is 0.0798 e. The van der Waals surface area contributed by atoms with E-state index in [0.717, 1.165) is 13.1 Å². The lowest BCUT2D eigenvalue weighted by atomic mass is 10.0. The van der Waals surface area contributed by atoms with Crippen molar-refractivity contribution >= 4 is 11.3 Å². The molecule has 2 heterocycles. The third-order valence-corrected chi connectivity index (χ3v) is 4.18. The number of hydrogen-bond donors (Lipinski definition) is 1. The van der Waals surface area contributed by atoms with Crippen LogP contribution in [0.2, 0.25) is 0 Å². The molecule has 0 saturated carbocycles. The zero-order valence-corrected chi connectivity index (χ0v) is 10.3. The summed E-state index contributed by atoms with van der Waals surface area (Å²) in [5.74, 6) is 0.679. The summed E-state index contributed by atoms with van der Waals surface area (Å²) in [5.41, 5.74) is 9.05. The molecule has 0 amide bonds. The van der Waals surface area contributed by atoms with Crippen LogP contribution in [0.3, 0.4) is 0 Å². The number of nitrogens with zero attached hydrogens (tertiary/aromatic N) is 2. The second-order valence-corrected chi connectivity index (χ2v) is 5.44. The molecule has 0 radical (unpaired) electrons. The van der Waals surface area contributed by atoms with Crippen LogP contribution in [-0.2, 0) is 6.54 Å². The fourth-order valence-corrected chi connectivity index (χ4v) is 2.93. The number of likely N-dealkylation sites (tertiary alicyclic amines) is 1. The first-order chi connectivity index (χ1) is 7.16. The van der Waals surface area contributed by atoms with Crippen molar-refractivity contribution in [2.24, 2.45) is 11.7 Å². The molecule has 0 spiro atoms. The summed E-state index contributed by atoms with van der Waals surface area (Å²) in [7, 11) is 0. The summed E-state index contributed by atoms with van der Waals surface area (Å²) in [4.78, 5) is 8.18. The topological polar surface area (TPSA) is 42.2 Å². The van der Waals surface area contributed by atoms with Crippen molar-refractivity contribution in [2.45, 2.75) is 32.9 Å². The lowest BCUT2D eigenvalue weighted by Crippen LogP contribution is -2.29. The van der Waals surface area contributed by atoms with Crippen LogP contribution in [0.25, 0.3) is 0 Å². The second-order valence-electron chi connectivity index (χ2n) is 4.50. The molecule has 1 saturated heterocycles. The first kappa shape index (κ1) is 11.0. The molecule has 2 atom stereocenters. The van der Waals surface area contributed by atoms with E-state index in [4.69, 9.17) is 5.73 Å². The van der Waals surface area contributed by atoms with Gasteiger partial charge in [0.2, 0.25) is 0 Å². The zero-order chi connectivity index (χ0) is 10.8. The number of nitrogens with two attached hydrogens (primary N) is 1. The van der Waals surface area contributed by atoms with Gasteiger partial charge in [-0.1, -0.05) is 0 Å². The van der Waals surface area contributed by atoms with Crippen molar-refractivity contribution in [3.63, 3.8) is 0 Å². The van der Waals surface area contributed by atoms with E-state index in [1.165, 1.54) is 23.5 Å². The van der Waals surface area contributed by atoms with Gasteiger partial charge in [0.25, 0.3) is 0 Å². The molecule has 2 rings (SSSR count). The highest BCUT2D eigenvalue weighted by atomic mass is 32.1. The fourth-order valence-electron chi connectivity index (χ4n) is 2.12. The largest absolute Gasteiger partial charge is 0.328 e. The molecule has 1 aromatic rings. The Labute approximate surface area is 95.3 Å². The molecule has 2 N–H and O–H groups in total. The summed E-state index contributed by atoms with van der Waals surface area (Å²) in [6.45, 7) is 7.59. The molecule has 1 aliphatic heterocycles. The van der Waals surface area contributed by atoms with E-state index in [0.29, 0.717) is 12.0 Å². The Morgan fingerprint density at radius 2 is 2.53 bits per heavy atom. The summed E-state index contributed by atoms with van der Waals surface area (Å²) in [5, 5.41) is 0. The van der Waals surface area contributed by atoms with Gasteiger partial charge in [-0.2, -0.15) is 0 Å². The predicted octanol–water partition coefficient (Wildman–Crippen LogP) is 1.62. The van der Waals surface area contributed by atoms with Crippen molar-refractivity contribution < 1.29 is 0 Å². The summed E-state index contributed by atoms with van der Waals surface area (Å²) >= 11 is 1.76. The minimum absolute atomic E-state index is 0.331. The van der Waals surface area contributed by atoms with Crippen LogP contribution < -0.4 is 5.73 Å². The van der Waals surface area contributed by atoms with Gasteiger partial charge in [0.05, 0.1) is 11.2 Å². The third kappa shape index (κ3) is 2.56. The van der Waals surface area contributed by atoms with Crippen LogP contribution in [0.4, 0.5) is 0 Å². The fraction of sp³-hybridized carbons (Fsp3) is 0.727. The minimum Gasteiger partial charge on any atom is -0.328 e. The average Bonchev–Trinajstić information content (AvgIpc) is 2.77. The molecular formula is C11H19N3S. The van der Waals surface area contributed by atoms with E-state index in [-0.39, 0.29) is 0 Å². The highest BCUT2D eigenvalue weighted by Crippen LogP contribution is 2.22. The molecule has 1 fully saturated rings. The number of aromatic nitrogens is 1. The van der Waals surface area contributed by atoms with Crippen LogP contribution >= 0.6 is 11.3 Å². The zero-order valence-electron chi connectivity index (χ0n) is 9.44. The molecule has 2 unspecified atom stereocenters. The third-order valence-electron chi connectivity index (χ3n) is 3.26. The van der Waals surface area contributed by atoms with Gasteiger partial charge in [-0.05, 0) is 32.7 Å². The Balaban J connectivity index is 1.90. The normalized spacial score (nSPS) is 24.6. The predicted molar refractivity (Wildman–Crippen MR) is 63.9 cm³/mol. The molecular weight excluding hydrogens is 206 g/mol. The minimum atomic E-state index is 0.331. The monoisotopic (exact) mass is 225 g/mol. The maximum atomic E-state index is 5.93. The van der Waals surface area contributed by atoms with E-state index >= 15 is 0 Å². The smallest absolute Gasteiger partial charge is 0.0798 e. The van der Waals surface area contributed by atoms with Gasteiger partial charge >= 0.3 is 0 Å². The van der Waals surface area contributed by atoms with Gasteiger partial charge in [0.15, 0.2) is 0 Å². The number of hydrogen-bond acceptors (Lipinski definition) is 4. The van der Waals surface area contributed by atoms with E-state index in [1.807, 2.05) is 5.51 Å². The summed E-state index contributed by atoms with van der Waals surface area (Å²) in [6.07, 6.45) is 1.25. The van der Waals surface area contributed by atoms with E-state index in [1.54, 1.807) is 11.3 Å². The van der Waals surface area contributed by atoms with Crippen molar-refractivity contribution in [2.75, 3.05) is 13.1 Å². The lowest BCUT2D eigenvalue weighted by molar-refractivity contribution is 0.310. The Kier molecular flexibility index (Phi) is 3.38. The van der Waals surface area contributed by atoms with Crippen LogP contribution in [0.1, 0.15) is 23.9 Å². The second kappa shape index (κ2) is 4.60. The number of rotatable bonds is 3. The Morgan fingerprint density at radius 1 is 1.73 bits per heavy atom. The van der Waals surface area contributed by atoms with Gasteiger partial charge in [-0.3, -0.25) is 4.90 Å². The Morgan fingerprint density at radius 3 is 3.07 bits per heavy atom. The molecule has 1 aromatic heterocycles. The van der Waals surface area contributed by atoms with Gasteiger partial charge in [0, 0.05) is 24.0 Å². The van der Waals surface area contributed by atoms with Gasteiger partial charge in [-0.25, -0.2) is 4.98 Å². The average molecular weight is 225 g/mol. The van der Waals surface area contributed by atoms with Gasteiger partial charge in [0.1, 0.15) is 0 Å². The highest BCUT2D eigenvalue weighted by Gasteiger charge is 2.25. The molecule has 0 aromatic carbocycles. The molecule has 15 heavy (non-hydrogen) atoms. The van der Waals surface area contributed by atoms with Crippen molar-refractivity contribution in [1.82, 2.24) is 9.88 Å². The highest BCUT2D eigenvalue weighted by molar-refractivity contribution is 7.09. The number of aryl methyl sites for hydroxylation is 1. The van der Waals surface area contributed by atoms with Crippen LogP contribution in [-0.4, -0.2) is 29.0 Å². The maximum absolute atomic E-state index is 5.93. The van der Waals surface area contributed by atoms with E-state index in [2.05, 4.69) is 23.7 Å². The Bertz CT molecular complexity index is 321.